The molecule has 0 amide bonds. The SMILES string of the molecule is CC(C)(C)c1cc(-c2nc3c(-c4cc(-c5ccccc5)cc(-c5nccc6c5oc5c7ccccc7ccc65)c4)cccc3n2-c2ccccc2-c2ccccc2)c(O)c(C(C)(C)C)c1. The number of hydrogen-bond acceptors (Lipinski definition) is 4. The van der Waals surface area contributed by atoms with Crippen LogP contribution in [0.1, 0.15) is 52.7 Å². The van der Waals surface area contributed by atoms with Gasteiger partial charge >= 0.3 is 0 Å². The molecule has 0 spiro atoms. The maximum Gasteiger partial charge on any atom is 0.161 e. The van der Waals surface area contributed by atoms with Gasteiger partial charge in [0.05, 0.1) is 22.3 Å². The van der Waals surface area contributed by atoms with E-state index in [4.69, 9.17) is 14.4 Å². The maximum atomic E-state index is 12.5. The molecule has 0 aliphatic carbocycles. The zero-order valence-electron chi connectivity index (χ0n) is 37.5. The largest absolute Gasteiger partial charge is 0.507 e. The Morgan fingerprint density at radius 3 is 1.92 bits per heavy atom. The third-order valence-corrected chi connectivity index (χ3v) is 12.8. The quantitative estimate of drug-likeness (QED) is 0.181. The highest BCUT2D eigenvalue weighted by atomic mass is 16.3. The molecule has 0 saturated heterocycles. The molecular weight excluding hydrogens is 795 g/mol. The van der Waals surface area contributed by atoms with E-state index >= 15 is 0 Å². The number of hydrogen-bond donors (Lipinski definition) is 1. The van der Waals surface area contributed by atoms with E-state index in [2.05, 4.69) is 210 Å². The van der Waals surface area contributed by atoms with E-state index in [0.717, 1.165) is 105 Å². The summed E-state index contributed by atoms with van der Waals surface area (Å²) in [6.07, 6.45) is 1.89. The zero-order valence-corrected chi connectivity index (χ0v) is 37.5. The number of benzene rings is 8. The standard InChI is InChI=1S/C60H49N3O2/c1-59(2,3)43-35-49(55(64)50(36-43)60(4,5)6)58-62-54-45(25-17-27-52(54)63(58)51-26-16-15-23-44(51)38-20-11-8-12-21-38)41-32-40(37-18-9-7-10-19-37)33-42(34-41)53-57-48(30-31-61-53)47-29-28-39-22-13-14-24-46(39)56(47)65-57/h7-36,64H,1-6H3. The lowest BCUT2D eigenvalue weighted by Gasteiger charge is -2.27. The van der Waals surface area contributed by atoms with Gasteiger partial charge < -0.3 is 9.52 Å². The van der Waals surface area contributed by atoms with Crippen molar-refractivity contribution in [3.05, 3.63) is 193 Å². The van der Waals surface area contributed by atoms with E-state index in [1.54, 1.807) is 0 Å². The second kappa shape index (κ2) is 15.2. The minimum Gasteiger partial charge on any atom is -0.507 e. The second-order valence-corrected chi connectivity index (χ2v) is 19.2. The Bertz CT molecular complexity index is 3620. The van der Waals surface area contributed by atoms with Crippen molar-refractivity contribution in [2.24, 2.45) is 0 Å². The molecule has 11 rings (SSSR count). The lowest BCUT2D eigenvalue weighted by Crippen LogP contribution is -2.17. The molecule has 3 heterocycles. The van der Waals surface area contributed by atoms with Crippen LogP contribution < -0.4 is 0 Å². The number of furan rings is 1. The average molecular weight is 844 g/mol. The van der Waals surface area contributed by atoms with Gasteiger partial charge in [-0.25, -0.2) is 4.98 Å². The van der Waals surface area contributed by atoms with Gasteiger partial charge in [-0.1, -0.05) is 169 Å². The molecule has 0 aliphatic rings. The summed E-state index contributed by atoms with van der Waals surface area (Å²) in [4.78, 5) is 10.7. The summed E-state index contributed by atoms with van der Waals surface area (Å²) in [5.74, 6) is 0.914. The summed E-state index contributed by atoms with van der Waals surface area (Å²) < 4.78 is 9.10. The fraction of sp³-hybridized carbons (Fsp3) is 0.133. The van der Waals surface area contributed by atoms with Crippen molar-refractivity contribution >= 4 is 43.7 Å². The molecule has 0 bridgehead atoms. The lowest BCUT2D eigenvalue weighted by molar-refractivity contribution is 0.446. The number of phenolic OH excluding ortho intramolecular Hbond substituents is 1. The molecular formula is C60H49N3O2. The molecule has 8 aromatic carbocycles. The molecule has 0 fully saturated rings. The van der Waals surface area contributed by atoms with Crippen molar-refractivity contribution in [2.45, 2.75) is 52.4 Å². The maximum absolute atomic E-state index is 12.5. The van der Waals surface area contributed by atoms with Gasteiger partial charge in [0.25, 0.3) is 0 Å². The van der Waals surface area contributed by atoms with Gasteiger partial charge in [0.15, 0.2) is 5.58 Å². The van der Waals surface area contributed by atoms with Crippen LogP contribution in [0.15, 0.2) is 187 Å². The Morgan fingerprint density at radius 1 is 0.492 bits per heavy atom. The summed E-state index contributed by atoms with van der Waals surface area (Å²) in [7, 11) is 0. The number of imidazole rings is 1. The van der Waals surface area contributed by atoms with Gasteiger partial charge in [-0.15, -0.1) is 0 Å². The third-order valence-electron chi connectivity index (χ3n) is 12.8. The normalized spacial score (nSPS) is 12.2. The minimum atomic E-state index is -0.331. The molecule has 0 radical (unpaired) electrons. The third kappa shape index (κ3) is 6.87. The Labute approximate surface area is 379 Å². The van der Waals surface area contributed by atoms with E-state index in [1.807, 2.05) is 18.3 Å². The molecule has 5 nitrogen and oxygen atoms in total. The first-order valence-electron chi connectivity index (χ1n) is 22.4. The lowest BCUT2D eigenvalue weighted by atomic mass is 9.79. The molecule has 0 saturated carbocycles. The highest BCUT2D eigenvalue weighted by Gasteiger charge is 2.29. The Hall–Kier alpha value is -7.76. The molecule has 65 heavy (non-hydrogen) atoms. The van der Waals surface area contributed by atoms with Gasteiger partial charge in [0, 0.05) is 44.6 Å². The first-order chi connectivity index (χ1) is 31.4. The number of pyridine rings is 1. The molecule has 5 heteroatoms. The van der Waals surface area contributed by atoms with Gasteiger partial charge in [-0.3, -0.25) is 9.55 Å². The Kier molecular flexibility index (Phi) is 9.37. The van der Waals surface area contributed by atoms with Crippen LogP contribution in [0.5, 0.6) is 5.75 Å². The van der Waals surface area contributed by atoms with E-state index in [9.17, 15) is 5.11 Å². The Balaban J connectivity index is 1.21. The molecule has 316 valence electrons. The van der Waals surface area contributed by atoms with Crippen LogP contribution in [0.3, 0.4) is 0 Å². The average Bonchev–Trinajstić information content (AvgIpc) is 3.91. The number of phenols is 1. The molecule has 1 N–H and O–H groups in total. The minimum absolute atomic E-state index is 0.190. The zero-order chi connectivity index (χ0) is 44.6. The number of aromatic hydroxyl groups is 1. The van der Waals surface area contributed by atoms with Crippen LogP contribution in [-0.2, 0) is 10.8 Å². The van der Waals surface area contributed by atoms with Crippen molar-refractivity contribution in [1.29, 1.82) is 0 Å². The van der Waals surface area contributed by atoms with Gasteiger partial charge in [0.2, 0.25) is 0 Å². The number of fused-ring (bicyclic) bond motifs is 6. The molecule has 3 aromatic heterocycles. The monoisotopic (exact) mass is 843 g/mol. The van der Waals surface area contributed by atoms with Crippen molar-refractivity contribution < 1.29 is 9.52 Å². The second-order valence-electron chi connectivity index (χ2n) is 19.2. The van der Waals surface area contributed by atoms with Crippen molar-refractivity contribution in [1.82, 2.24) is 14.5 Å². The van der Waals surface area contributed by atoms with Gasteiger partial charge in [-0.2, -0.15) is 0 Å². The van der Waals surface area contributed by atoms with Crippen LogP contribution in [-0.4, -0.2) is 19.6 Å². The topological polar surface area (TPSA) is 64.1 Å². The number of aromatic nitrogens is 3. The summed E-state index contributed by atoms with van der Waals surface area (Å²) in [6, 6.07) is 61.7. The first kappa shape index (κ1) is 40.0. The fourth-order valence-electron chi connectivity index (χ4n) is 9.45. The summed E-state index contributed by atoms with van der Waals surface area (Å²) in [5.41, 5.74) is 14.5. The predicted octanol–water partition coefficient (Wildman–Crippen LogP) is 16.1. The van der Waals surface area contributed by atoms with Crippen molar-refractivity contribution in [3.63, 3.8) is 0 Å². The summed E-state index contributed by atoms with van der Waals surface area (Å²) in [5, 5.41) is 16.8. The van der Waals surface area contributed by atoms with Crippen LogP contribution in [0.25, 0.3) is 105 Å². The van der Waals surface area contributed by atoms with Crippen molar-refractivity contribution in [3.8, 4) is 67.5 Å². The molecule has 0 aliphatic heterocycles. The smallest absolute Gasteiger partial charge is 0.161 e. The van der Waals surface area contributed by atoms with E-state index in [-0.39, 0.29) is 16.6 Å². The highest BCUT2D eigenvalue weighted by molar-refractivity contribution is 6.17. The van der Waals surface area contributed by atoms with E-state index in [1.165, 1.54) is 0 Å². The van der Waals surface area contributed by atoms with Crippen LogP contribution in [0, 0.1) is 0 Å². The van der Waals surface area contributed by atoms with Crippen LogP contribution in [0.2, 0.25) is 0 Å². The number of nitrogens with zero attached hydrogens (tertiary/aromatic N) is 3. The summed E-state index contributed by atoms with van der Waals surface area (Å²) >= 11 is 0. The van der Waals surface area contributed by atoms with Crippen LogP contribution in [0.4, 0.5) is 0 Å². The van der Waals surface area contributed by atoms with E-state index in [0.29, 0.717) is 11.4 Å². The van der Waals surface area contributed by atoms with Gasteiger partial charge in [-0.05, 0) is 92.6 Å². The van der Waals surface area contributed by atoms with Gasteiger partial charge in [0.1, 0.15) is 22.9 Å². The first-order valence-corrected chi connectivity index (χ1v) is 22.4. The molecule has 11 aromatic rings. The Morgan fingerprint density at radius 2 is 1.15 bits per heavy atom. The fourth-order valence-corrected chi connectivity index (χ4v) is 9.45. The summed E-state index contributed by atoms with van der Waals surface area (Å²) in [6.45, 7) is 13.1. The molecule has 0 unspecified atom stereocenters. The van der Waals surface area contributed by atoms with Crippen molar-refractivity contribution in [2.75, 3.05) is 0 Å². The predicted molar refractivity (Wildman–Crippen MR) is 270 cm³/mol. The van der Waals surface area contributed by atoms with Crippen LogP contribution >= 0.6 is 0 Å². The number of para-hydroxylation sites is 2. The van der Waals surface area contributed by atoms with E-state index < -0.39 is 0 Å². The molecule has 0 atom stereocenters. The highest BCUT2D eigenvalue weighted by Crippen LogP contribution is 2.46. The number of rotatable bonds is 6.